The summed E-state index contributed by atoms with van der Waals surface area (Å²) < 4.78 is 11.6. The molecule has 0 spiro atoms. The van der Waals surface area contributed by atoms with Crippen LogP contribution in [0.2, 0.25) is 0 Å². The maximum Gasteiger partial charge on any atom is 0.316 e. The van der Waals surface area contributed by atoms with Gasteiger partial charge in [0.25, 0.3) is 0 Å². The molecule has 0 aromatic heterocycles. The van der Waals surface area contributed by atoms with E-state index in [-0.39, 0.29) is 11.0 Å². The van der Waals surface area contributed by atoms with Crippen LogP contribution in [0.15, 0.2) is 0 Å². The second kappa shape index (κ2) is 5.49. The minimum Gasteiger partial charge on any atom is -0.481 e. The summed E-state index contributed by atoms with van der Waals surface area (Å²) in [5.41, 5.74) is 0. The van der Waals surface area contributed by atoms with E-state index in [9.17, 15) is 9.00 Å². The third-order valence-electron chi connectivity index (χ3n) is 2.95. The van der Waals surface area contributed by atoms with Gasteiger partial charge in [-0.2, -0.15) is 0 Å². The molecule has 0 amide bonds. The Kier molecular flexibility index (Phi) is 4.58. The van der Waals surface area contributed by atoms with Crippen LogP contribution in [0.1, 0.15) is 39.0 Å². The number of carboxylic acid groups (broad SMARTS) is 1. The number of carbonyl (C=O) groups is 1. The molecule has 1 rings (SSSR count). The normalized spacial score (nSPS) is 29.8. The molecule has 3 unspecified atom stereocenters. The average Bonchev–Trinajstić information content (AvgIpc) is 2.17. The fourth-order valence-corrected chi connectivity index (χ4v) is 3.49. The smallest absolute Gasteiger partial charge is 0.316 e. The van der Waals surface area contributed by atoms with Crippen molar-refractivity contribution in [3.63, 3.8) is 0 Å². The van der Waals surface area contributed by atoms with E-state index in [1.807, 2.05) is 0 Å². The van der Waals surface area contributed by atoms with E-state index in [0.29, 0.717) is 5.92 Å². The van der Waals surface area contributed by atoms with Gasteiger partial charge in [-0.25, -0.2) is 0 Å². The second-order valence-corrected chi connectivity index (χ2v) is 5.70. The Hall–Kier alpha value is -0.380. The number of carboxylic acids is 1. The van der Waals surface area contributed by atoms with Crippen LogP contribution in [0.25, 0.3) is 0 Å². The van der Waals surface area contributed by atoms with Gasteiger partial charge in [-0.1, -0.05) is 26.2 Å². The van der Waals surface area contributed by atoms with Gasteiger partial charge in [0.1, 0.15) is 5.75 Å². The summed E-state index contributed by atoms with van der Waals surface area (Å²) in [7, 11) is -1.16. The monoisotopic (exact) mass is 218 g/mol. The lowest BCUT2D eigenvalue weighted by molar-refractivity contribution is -0.134. The zero-order chi connectivity index (χ0) is 10.6. The first-order valence-corrected chi connectivity index (χ1v) is 6.60. The highest BCUT2D eigenvalue weighted by Gasteiger charge is 2.26. The van der Waals surface area contributed by atoms with Crippen LogP contribution >= 0.6 is 0 Å². The highest BCUT2D eigenvalue weighted by Crippen LogP contribution is 2.29. The Bertz CT molecular complexity index is 227. The zero-order valence-electron chi connectivity index (χ0n) is 8.57. The molecule has 4 heteroatoms. The first-order chi connectivity index (χ1) is 6.63. The fraction of sp³-hybridized carbons (Fsp3) is 0.900. The van der Waals surface area contributed by atoms with Crippen molar-refractivity contribution in [2.75, 3.05) is 5.75 Å². The highest BCUT2D eigenvalue weighted by molar-refractivity contribution is 7.86. The van der Waals surface area contributed by atoms with Crippen LogP contribution in [-0.4, -0.2) is 26.3 Å². The van der Waals surface area contributed by atoms with E-state index in [1.165, 1.54) is 6.42 Å². The molecule has 3 atom stereocenters. The molecular formula is C10H18O3S. The van der Waals surface area contributed by atoms with Crippen molar-refractivity contribution in [2.24, 2.45) is 5.92 Å². The van der Waals surface area contributed by atoms with Crippen molar-refractivity contribution in [1.82, 2.24) is 0 Å². The lowest BCUT2D eigenvalue weighted by atomic mass is 9.87. The number of rotatable bonds is 4. The molecule has 0 aliphatic heterocycles. The molecule has 0 aromatic carbocycles. The van der Waals surface area contributed by atoms with Crippen molar-refractivity contribution in [3.05, 3.63) is 0 Å². The molecule has 3 nitrogen and oxygen atoms in total. The van der Waals surface area contributed by atoms with Gasteiger partial charge in [0.15, 0.2) is 0 Å². The summed E-state index contributed by atoms with van der Waals surface area (Å²) in [5.74, 6) is -0.463. The molecule has 1 fully saturated rings. The van der Waals surface area contributed by atoms with Crippen molar-refractivity contribution < 1.29 is 14.1 Å². The van der Waals surface area contributed by atoms with Crippen LogP contribution in [0.5, 0.6) is 0 Å². The fourth-order valence-electron chi connectivity index (χ4n) is 2.09. The van der Waals surface area contributed by atoms with Gasteiger partial charge in [-0.05, 0) is 18.8 Å². The first-order valence-electron chi connectivity index (χ1n) is 5.22. The van der Waals surface area contributed by atoms with Gasteiger partial charge in [-0.15, -0.1) is 0 Å². The van der Waals surface area contributed by atoms with Crippen LogP contribution in [0.3, 0.4) is 0 Å². The van der Waals surface area contributed by atoms with Crippen LogP contribution in [0.4, 0.5) is 0 Å². The summed E-state index contributed by atoms with van der Waals surface area (Å²) in [5, 5.41) is 8.67. The van der Waals surface area contributed by atoms with Crippen molar-refractivity contribution in [2.45, 2.75) is 44.3 Å². The molecule has 0 aromatic rings. The van der Waals surface area contributed by atoms with Crippen LogP contribution in [0, 0.1) is 5.92 Å². The Morgan fingerprint density at radius 2 is 2.21 bits per heavy atom. The minimum absolute atomic E-state index is 0.129. The van der Waals surface area contributed by atoms with E-state index in [2.05, 4.69) is 6.92 Å². The van der Waals surface area contributed by atoms with Gasteiger partial charge in [0.05, 0.1) is 0 Å². The van der Waals surface area contributed by atoms with E-state index < -0.39 is 16.8 Å². The van der Waals surface area contributed by atoms with Crippen LogP contribution in [-0.2, 0) is 15.6 Å². The Balaban J connectivity index is 2.43. The van der Waals surface area contributed by atoms with Gasteiger partial charge >= 0.3 is 5.97 Å². The summed E-state index contributed by atoms with van der Waals surface area (Å²) in [6, 6.07) is 0. The average molecular weight is 218 g/mol. The minimum atomic E-state index is -1.16. The largest absolute Gasteiger partial charge is 0.481 e. The lowest BCUT2D eigenvalue weighted by Crippen LogP contribution is -2.27. The molecule has 1 saturated carbocycles. The van der Waals surface area contributed by atoms with Crippen LogP contribution < -0.4 is 0 Å². The number of aliphatic carboxylic acids is 1. The molecule has 0 bridgehead atoms. The molecule has 0 heterocycles. The molecular weight excluding hydrogens is 200 g/mol. The molecule has 1 N–H and O–H groups in total. The Morgan fingerprint density at radius 3 is 2.79 bits per heavy atom. The van der Waals surface area contributed by atoms with E-state index in [1.54, 1.807) is 0 Å². The first kappa shape index (κ1) is 11.7. The van der Waals surface area contributed by atoms with Crippen molar-refractivity contribution in [1.29, 1.82) is 0 Å². The summed E-state index contributed by atoms with van der Waals surface area (Å²) in [6.07, 6.45) is 5.35. The molecule has 82 valence electrons. The highest BCUT2D eigenvalue weighted by atomic mass is 32.2. The molecule has 14 heavy (non-hydrogen) atoms. The maximum atomic E-state index is 11.6. The van der Waals surface area contributed by atoms with E-state index >= 15 is 0 Å². The van der Waals surface area contributed by atoms with E-state index in [4.69, 9.17) is 5.11 Å². The molecule has 0 radical (unpaired) electrons. The molecule has 1 aliphatic rings. The number of hydrogen-bond acceptors (Lipinski definition) is 2. The molecule has 1 aliphatic carbocycles. The van der Waals surface area contributed by atoms with E-state index in [0.717, 1.165) is 25.7 Å². The third-order valence-corrected chi connectivity index (χ3v) is 4.65. The summed E-state index contributed by atoms with van der Waals surface area (Å²) in [4.78, 5) is 10.4. The zero-order valence-corrected chi connectivity index (χ0v) is 9.39. The Morgan fingerprint density at radius 1 is 1.50 bits per heavy atom. The Labute approximate surface area is 87.3 Å². The van der Waals surface area contributed by atoms with Crippen molar-refractivity contribution >= 4 is 16.8 Å². The number of hydrogen-bond donors (Lipinski definition) is 1. The molecule has 0 saturated heterocycles. The van der Waals surface area contributed by atoms with Gasteiger partial charge in [0.2, 0.25) is 0 Å². The third kappa shape index (κ3) is 3.40. The van der Waals surface area contributed by atoms with Gasteiger partial charge < -0.3 is 5.11 Å². The standard InChI is InChI=1S/C10H18O3S/c1-2-8-4-3-5-9(6-8)14(13)7-10(11)12/h8-9H,2-7H2,1H3,(H,11,12). The summed E-state index contributed by atoms with van der Waals surface area (Å²) >= 11 is 0. The summed E-state index contributed by atoms with van der Waals surface area (Å²) in [6.45, 7) is 2.15. The predicted octanol–water partition coefficient (Wildman–Crippen LogP) is 1.79. The van der Waals surface area contributed by atoms with Crippen molar-refractivity contribution in [3.8, 4) is 0 Å². The maximum absolute atomic E-state index is 11.6. The topological polar surface area (TPSA) is 54.4 Å². The predicted molar refractivity (Wildman–Crippen MR) is 56.7 cm³/mol. The quantitative estimate of drug-likeness (QED) is 0.782. The van der Waals surface area contributed by atoms with Gasteiger partial charge in [0, 0.05) is 16.0 Å². The lowest BCUT2D eigenvalue weighted by Gasteiger charge is -2.27. The van der Waals surface area contributed by atoms with Gasteiger partial charge in [-0.3, -0.25) is 9.00 Å². The SMILES string of the molecule is CCC1CCCC(S(=O)CC(=O)O)C1. The second-order valence-electron chi connectivity index (χ2n) is 3.98.